The number of rotatable bonds is 4. The van der Waals surface area contributed by atoms with Crippen LogP contribution in [0.25, 0.3) is 16.8 Å². The lowest BCUT2D eigenvalue weighted by Gasteiger charge is -2.17. The fourth-order valence-electron chi connectivity index (χ4n) is 3.07. The molecule has 2 aromatic heterocycles. The molecule has 0 spiro atoms. The van der Waals surface area contributed by atoms with Crippen LogP contribution < -0.4 is 0 Å². The first-order valence-corrected chi connectivity index (χ1v) is 10.1. The normalized spacial score (nSPS) is 14.5. The first-order chi connectivity index (χ1) is 12.5. The van der Waals surface area contributed by atoms with Crippen molar-refractivity contribution in [3.8, 4) is 11.3 Å². The third kappa shape index (κ3) is 3.06. The fraction of sp³-hybridized carbons (Fsp3) is 0.200. The molecule has 6 heteroatoms. The van der Waals surface area contributed by atoms with Gasteiger partial charge in [-0.25, -0.2) is 4.98 Å². The van der Waals surface area contributed by atoms with Crippen molar-refractivity contribution in [1.29, 1.82) is 5.41 Å². The number of amidine groups is 1. The van der Waals surface area contributed by atoms with E-state index >= 15 is 0 Å². The van der Waals surface area contributed by atoms with Gasteiger partial charge in [0.2, 0.25) is 0 Å². The molecule has 132 valence electrons. The number of aliphatic hydroxyl groups excluding tert-OH is 1. The molecule has 4 nitrogen and oxygen atoms in total. The minimum Gasteiger partial charge on any atom is -0.510 e. The molecule has 0 fully saturated rings. The monoisotopic (exact) mass is 381 g/mol. The van der Waals surface area contributed by atoms with Crippen molar-refractivity contribution in [2.45, 2.75) is 20.4 Å². The van der Waals surface area contributed by atoms with E-state index in [9.17, 15) is 5.11 Å². The van der Waals surface area contributed by atoms with E-state index in [-0.39, 0.29) is 5.76 Å². The summed E-state index contributed by atoms with van der Waals surface area (Å²) >= 11 is 3.20. The van der Waals surface area contributed by atoms with Gasteiger partial charge in [-0.3, -0.25) is 5.41 Å². The molecule has 0 amide bonds. The molecule has 0 saturated heterocycles. The highest BCUT2D eigenvalue weighted by Gasteiger charge is 2.31. The standard InChI is InChI=1S/C20H19N3OS2/c1-12-5-7-14(8-6-12)18-13(2)26-20(22-18)17-16(24)11-23(19(17)21)10-15-4-3-9-25-15/h3-9,21,24H,10-11H2,1-2H3. The maximum atomic E-state index is 10.5. The Balaban J connectivity index is 1.63. The minimum absolute atomic E-state index is 0.232. The second kappa shape index (κ2) is 6.70. The summed E-state index contributed by atoms with van der Waals surface area (Å²) in [6.45, 7) is 5.10. The van der Waals surface area contributed by atoms with Gasteiger partial charge in [-0.15, -0.1) is 22.7 Å². The number of thiophene rings is 1. The zero-order chi connectivity index (χ0) is 18.3. The van der Waals surface area contributed by atoms with Crippen LogP contribution in [-0.2, 0) is 6.54 Å². The fourth-order valence-corrected chi connectivity index (χ4v) is 4.79. The van der Waals surface area contributed by atoms with Crippen molar-refractivity contribution in [1.82, 2.24) is 9.88 Å². The number of aryl methyl sites for hydroxylation is 2. The molecule has 0 radical (unpaired) electrons. The van der Waals surface area contributed by atoms with Crippen molar-refractivity contribution in [3.05, 3.63) is 67.9 Å². The Hall–Kier alpha value is -2.44. The summed E-state index contributed by atoms with van der Waals surface area (Å²) in [5, 5.41) is 21.8. The predicted molar refractivity (Wildman–Crippen MR) is 109 cm³/mol. The lowest BCUT2D eigenvalue weighted by atomic mass is 10.1. The number of nitrogens with zero attached hydrogens (tertiary/aromatic N) is 2. The van der Waals surface area contributed by atoms with E-state index in [1.165, 1.54) is 21.8 Å². The third-order valence-corrected chi connectivity index (χ3v) is 6.29. The Morgan fingerprint density at radius 3 is 2.65 bits per heavy atom. The van der Waals surface area contributed by atoms with Crippen LogP contribution >= 0.6 is 22.7 Å². The lowest BCUT2D eigenvalue weighted by molar-refractivity contribution is 0.348. The maximum absolute atomic E-state index is 10.5. The van der Waals surface area contributed by atoms with Crippen LogP contribution in [0.3, 0.4) is 0 Å². The van der Waals surface area contributed by atoms with Crippen molar-refractivity contribution in [3.63, 3.8) is 0 Å². The van der Waals surface area contributed by atoms with Crippen LogP contribution in [0.5, 0.6) is 0 Å². The summed E-state index contributed by atoms with van der Waals surface area (Å²) in [6.07, 6.45) is 0. The molecule has 1 aliphatic rings. The molecule has 3 heterocycles. The van der Waals surface area contributed by atoms with Crippen molar-refractivity contribution < 1.29 is 5.11 Å². The Labute approximate surface area is 160 Å². The van der Waals surface area contributed by atoms with Crippen LogP contribution in [0.15, 0.2) is 47.5 Å². The quantitative estimate of drug-likeness (QED) is 0.649. The molecular weight excluding hydrogens is 362 g/mol. The van der Waals surface area contributed by atoms with Crippen LogP contribution in [0.4, 0.5) is 0 Å². The van der Waals surface area contributed by atoms with E-state index in [2.05, 4.69) is 37.3 Å². The average Bonchev–Trinajstić information content (AvgIpc) is 3.30. The van der Waals surface area contributed by atoms with Gasteiger partial charge in [-0.1, -0.05) is 35.9 Å². The van der Waals surface area contributed by atoms with E-state index in [1.807, 2.05) is 23.3 Å². The Kier molecular flexibility index (Phi) is 4.38. The Bertz CT molecular complexity index is 985. The zero-order valence-electron chi connectivity index (χ0n) is 14.6. The number of thiazole rings is 1. The highest BCUT2D eigenvalue weighted by Crippen LogP contribution is 2.35. The van der Waals surface area contributed by atoms with Gasteiger partial charge in [-0.2, -0.15) is 0 Å². The predicted octanol–water partition coefficient (Wildman–Crippen LogP) is 5.25. The van der Waals surface area contributed by atoms with Gasteiger partial charge in [0.05, 0.1) is 24.4 Å². The van der Waals surface area contributed by atoms with Gasteiger partial charge in [0.25, 0.3) is 0 Å². The molecule has 0 aliphatic carbocycles. The van der Waals surface area contributed by atoms with E-state index in [4.69, 9.17) is 10.4 Å². The molecule has 0 bridgehead atoms. The van der Waals surface area contributed by atoms with Gasteiger partial charge in [0.1, 0.15) is 16.6 Å². The van der Waals surface area contributed by atoms with E-state index in [0.717, 1.165) is 16.1 Å². The SMILES string of the molecule is Cc1ccc(-c2nc(C3=C(O)CN(Cc4cccs4)C3=N)sc2C)cc1. The molecule has 0 saturated carbocycles. The Morgan fingerprint density at radius 1 is 1.19 bits per heavy atom. The molecule has 3 aromatic rings. The van der Waals surface area contributed by atoms with Crippen LogP contribution in [0.1, 0.15) is 20.3 Å². The average molecular weight is 382 g/mol. The van der Waals surface area contributed by atoms with Crippen LogP contribution in [0, 0.1) is 19.3 Å². The van der Waals surface area contributed by atoms with Crippen molar-refractivity contribution in [2.75, 3.05) is 6.54 Å². The van der Waals surface area contributed by atoms with E-state index in [0.29, 0.717) is 29.5 Å². The number of aromatic nitrogens is 1. The van der Waals surface area contributed by atoms with E-state index in [1.54, 1.807) is 11.3 Å². The molecule has 0 atom stereocenters. The zero-order valence-corrected chi connectivity index (χ0v) is 16.2. The maximum Gasteiger partial charge on any atom is 0.135 e. The second-order valence-corrected chi connectivity index (χ2v) is 8.63. The smallest absolute Gasteiger partial charge is 0.135 e. The highest BCUT2D eigenvalue weighted by atomic mass is 32.1. The summed E-state index contributed by atoms with van der Waals surface area (Å²) < 4.78 is 0. The minimum atomic E-state index is 0.232. The first-order valence-electron chi connectivity index (χ1n) is 8.36. The molecular formula is C20H19N3OS2. The van der Waals surface area contributed by atoms with Gasteiger partial charge in [0, 0.05) is 15.3 Å². The Morgan fingerprint density at radius 2 is 1.96 bits per heavy atom. The summed E-state index contributed by atoms with van der Waals surface area (Å²) in [6, 6.07) is 12.3. The van der Waals surface area contributed by atoms with Gasteiger partial charge < -0.3 is 10.0 Å². The summed E-state index contributed by atoms with van der Waals surface area (Å²) in [5.74, 6) is 0.580. The number of nitrogens with one attached hydrogen (secondary N) is 1. The molecule has 0 unspecified atom stereocenters. The molecule has 26 heavy (non-hydrogen) atoms. The van der Waals surface area contributed by atoms with Gasteiger partial charge >= 0.3 is 0 Å². The van der Waals surface area contributed by atoms with Gasteiger partial charge in [0.15, 0.2) is 0 Å². The number of hydrogen-bond acceptors (Lipinski definition) is 5. The molecule has 4 rings (SSSR count). The van der Waals surface area contributed by atoms with Crippen LogP contribution in [0.2, 0.25) is 0 Å². The molecule has 1 aliphatic heterocycles. The molecule has 1 aromatic carbocycles. The third-order valence-electron chi connectivity index (χ3n) is 4.44. The van der Waals surface area contributed by atoms with Crippen molar-refractivity contribution in [2.24, 2.45) is 0 Å². The van der Waals surface area contributed by atoms with Gasteiger partial charge in [-0.05, 0) is 25.3 Å². The van der Waals surface area contributed by atoms with Crippen LogP contribution in [-0.4, -0.2) is 27.4 Å². The topological polar surface area (TPSA) is 60.2 Å². The van der Waals surface area contributed by atoms with E-state index < -0.39 is 0 Å². The summed E-state index contributed by atoms with van der Waals surface area (Å²) in [7, 11) is 0. The first kappa shape index (κ1) is 17.0. The lowest BCUT2D eigenvalue weighted by Crippen LogP contribution is -2.25. The largest absolute Gasteiger partial charge is 0.510 e. The number of aliphatic hydroxyl groups is 1. The second-order valence-electron chi connectivity index (χ2n) is 6.40. The number of hydrogen-bond donors (Lipinski definition) is 2. The highest BCUT2D eigenvalue weighted by molar-refractivity contribution is 7.13. The molecule has 2 N–H and O–H groups in total. The number of benzene rings is 1. The van der Waals surface area contributed by atoms with Crippen molar-refractivity contribution >= 4 is 34.1 Å². The summed E-state index contributed by atoms with van der Waals surface area (Å²) in [5.41, 5.74) is 3.77. The summed E-state index contributed by atoms with van der Waals surface area (Å²) in [4.78, 5) is 8.92.